The maximum absolute atomic E-state index is 15.2. The summed E-state index contributed by atoms with van der Waals surface area (Å²) in [6, 6.07) is 12.0. The fourth-order valence-corrected chi connectivity index (χ4v) is 10.3. The molecule has 11 heterocycles. The molecule has 7 aliphatic rings. The summed E-state index contributed by atoms with van der Waals surface area (Å²) in [6.45, 7) is 4.37. The number of piperidine rings is 1. The lowest BCUT2D eigenvalue weighted by Crippen LogP contribution is -2.70. The van der Waals surface area contributed by atoms with E-state index in [1.165, 1.54) is 24.3 Å². The number of carbonyl (C=O) groups excluding carboxylic acids is 2. The van der Waals surface area contributed by atoms with Crippen molar-refractivity contribution in [2.24, 2.45) is 0 Å². The third-order valence-corrected chi connectivity index (χ3v) is 13.4. The van der Waals surface area contributed by atoms with Gasteiger partial charge in [0.05, 0.1) is 59.6 Å². The number of nitrogens with zero attached hydrogens (tertiary/aromatic N) is 11. The van der Waals surface area contributed by atoms with Crippen molar-refractivity contribution in [2.45, 2.75) is 82.3 Å². The first-order chi connectivity index (χ1) is 30.6. The number of anilines is 3. The Morgan fingerprint density at radius 1 is 0.889 bits per heavy atom. The number of amides is 2. The minimum absolute atomic E-state index is 0.0215. The third kappa shape index (κ3) is 6.85. The van der Waals surface area contributed by atoms with Gasteiger partial charge in [-0.3, -0.25) is 9.59 Å². The van der Waals surface area contributed by atoms with Crippen LogP contribution in [0.4, 0.5) is 26.4 Å². The maximum atomic E-state index is 15.2. The number of aromatic nitrogens is 7. The van der Waals surface area contributed by atoms with Gasteiger partial charge in [0.15, 0.2) is 5.65 Å². The average molecular weight is 859 g/mol. The van der Waals surface area contributed by atoms with E-state index in [0.717, 1.165) is 24.8 Å². The first-order valence-electron chi connectivity index (χ1n) is 21.8. The van der Waals surface area contributed by atoms with Crippen LogP contribution in [0.3, 0.4) is 0 Å². The van der Waals surface area contributed by atoms with Crippen LogP contribution in [0.25, 0.3) is 39.0 Å². The van der Waals surface area contributed by atoms with Crippen molar-refractivity contribution in [3.8, 4) is 22.7 Å². The quantitative estimate of drug-likeness (QED) is 0.247. The van der Waals surface area contributed by atoms with Crippen LogP contribution in [0.2, 0.25) is 0 Å². The molecule has 4 saturated heterocycles. The van der Waals surface area contributed by atoms with Gasteiger partial charge in [0, 0.05) is 70.5 Å². The van der Waals surface area contributed by atoms with Gasteiger partial charge in [-0.25, -0.2) is 23.4 Å². The van der Waals surface area contributed by atoms with Gasteiger partial charge in [0.25, 0.3) is 0 Å². The van der Waals surface area contributed by atoms with E-state index in [9.17, 15) is 14.0 Å². The van der Waals surface area contributed by atoms with Gasteiger partial charge in [0.1, 0.15) is 46.6 Å². The van der Waals surface area contributed by atoms with Crippen LogP contribution in [-0.2, 0) is 20.9 Å². The van der Waals surface area contributed by atoms with Gasteiger partial charge >= 0.3 is 0 Å². The van der Waals surface area contributed by atoms with Crippen molar-refractivity contribution in [3.05, 3.63) is 72.2 Å². The summed E-state index contributed by atoms with van der Waals surface area (Å²) in [5, 5.41) is 9.07. The highest BCUT2D eigenvalue weighted by Gasteiger charge is 2.48. The van der Waals surface area contributed by atoms with E-state index in [1.54, 1.807) is 36.0 Å². The van der Waals surface area contributed by atoms with Crippen molar-refractivity contribution in [1.82, 2.24) is 44.1 Å². The molecule has 0 saturated carbocycles. The monoisotopic (exact) mass is 858 g/mol. The Morgan fingerprint density at radius 2 is 1.75 bits per heavy atom. The highest BCUT2D eigenvalue weighted by Crippen LogP contribution is 2.41. The molecule has 2 aromatic carbocycles. The standard InChI is InChI=1S/C45H48F2N12O4/c1-25-49-35-15-27(47)14-32-34-8-7-9-39(51-34)50-28-17-37(44(61)54(2)23-31(62-3)24-56(25)41(32)35)57(20-28)42-33-19-48-59-36-12-11-26(46)16-38(36)63-13-6-4-5-10-40(60)55-21-29-18-30(22-55)58(29)45(52-42)53-43(33)59/h7-9,11-12,14-16,19,28-31,37H,4-6,10,13,17-18,20-24H2,1-3H3,(H,50,51). The Labute approximate surface area is 361 Å². The smallest absolute Gasteiger partial charge is 0.245 e. The van der Waals surface area contributed by atoms with E-state index >= 15 is 4.39 Å². The molecule has 63 heavy (non-hydrogen) atoms. The molecule has 2 amide bonds. The van der Waals surface area contributed by atoms with E-state index in [2.05, 4.69) is 10.2 Å². The number of likely N-dealkylation sites (N-methyl/N-ethyl adjacent to an activating group) is 1. The number of benzene rings is 2. The summed E-state index contributed by atoms with van der Waals surface area (Å²) in [4.78, 5) is 56.5. The number of ether oxygens (including phenoxy) is 2. The minimum Gasteiger partial charge on any atom is -0.491 e. The molecule has 10 bridgehead atoms. The van der Waals surface area contributed by atoms with E-state index in [1.807, 2.05) is 39.5 Å². The number of pyridine rings is 1. The van der Waals surface area contributed by atoms with Crippen molar-refractivity contribution in [3.63, 3.8) is 0 Å². The van der Waals surface area contributed by atoms with Crippen LogP contribution in [0, 0.1) is 18.6 Å². The first-order valence-corrected chi connectivity index (χ1v) is 21.8. The van der Waals surface area contributed by atoms with Crippen LogP contribution in [0.15, 0.2) is 54.7 Å². The molecule has 0 spiro atoms. The topological polar surface area (TPSA) is 152 Å². The maximum Gasteiger partial charge on any atom is 0.245 e. The number of halogens is 2. The molecular formula is C45H48F2N12O4. The predicted octanol–water partition coefficient (Wildman–Crippen LogP) is 5.10. The lowest BCUT2D eigenvalue weighted by Gasteiger charge is -2.56. The van der Waals surface area contributed by atoms with Crippen LogP contribution in [0.5, 0.6) is 5.75 Å². The molecule has 6 aromatic rings. The first kappa shape index (κ1) is 39.4. The molecule has 0 aliphatic carbocycles. The zero-order chi connectivity index (χ0) is 43.1. The Balaban J connectivity index is 1.04. The zero-order valence-electron chi connectivity index (χ0n) is 35.4. The second kappa shape index (κ2) is 15.4. The molecule has 7 aliphatic heterocycles. The second-order valence-corrected chi connectivity index (χ2v) is 17.5. The van der Waals surface area contributed by atoms with Crippen molar-refractivity contribution in [1.29, 1.82) is 0 Å². The fraction of sp³-hybridized carbons (Fsp3) is 0.444. The van der Waals surface area contributed by atoms with Gasteiger partial charge in [-0.15, -0.1) is 0 Å². The zero-order valence-corrected chi connectivity index (χ0v) is 35.4. The SMILES string of the molecule is COC1CN(C)C(=O)C2CC(CN2c2nc3nc4c2cnn4-c2ccc(F)cc2OCCCCCC(=O)N2CC4CC(C2)N34)Nc2cccc(n2)-c2cc(F)cc3nc(C)n(c23)C1. The highest BCUT2D eigenvalue weighted by molar-refractivity contribution is 5.95. The Hall–Kier alpha value is -6.43. The van der Waals surface area contributed by atoms with Gasteiger partial charge in [0.2, 0.25) is 17.8 Å². The normalized spacial score (nSPS) is 23.9. The van der Waals surface area contributed by atoms with Crippen molar-refractivity contribution in [2.75, 3.05) is 62.1 Å². The third-order valence-electron chi connectivity index (χ3n) is 13.4. The molecule has 1 N–H and O–H groups in total. The summed E-state index contributed by atoms with van der Waals surface area (Å²) in [5.41, 5.74) is 3.44. The van der Waals surface area contributed by atoms with E-state index in [-0.39, 0.29) is 36.5 Å². The highest BCUT2D eigenvalue weighted by atomic mass is 19.1. The Kier molecular flexibility index (Phi) is 9.65. The number of carbonyl (C=O) groups is 2. The molecular weight excluding hydrogens is 811 g/mol. The number of fused-ring (bicyclic) bond motifs is 11. The summed E-state index contributed by atoms with van der Waals surface area (Å²) in [5.74, 6) is 1.75. The number of piperazine rings is 1. The minimum atomic E-state index is -0.670. The molecule has 0 radical (unpaired) electrons. The van der Waals surface area contributed by atoms with Crippen LogP contribution < -0.4 is 19.9 Å². The Morgan fingerprint density at radius 3 is 2.59 bits per heavy atom. The van der Waals surface area contributed by atoms with E-state index in [4.69, 9.17) is 34.5 Å². The van der Waals surface area contributed by atoms with Gasteiger partial charge in [-0.05, 0) is 69.4 Å². The number of aryl methyl sites for hydroxylation is 1. The number of nitrogens with one attached hydrogen (secondary N) is 1. The number of hydrogen-bond acceptors (Lipinski definition) is 12. The number of imidazole rings is 1. The van der Waals surface area contributed by atoms with Crippen LogP contribution in [-0.4, -0.2) is 133 Å². The lowest BCUT2D eigenvalue weighted by atomic mass is 9.87. The predicted molar refractivity (Wildman–Crippen MR) is 231 cm³/mol. The lowest BCUT2D eigenvalue weighted by molar-refractivity contribution is -0.134. The second-order valence-electron chi connectivity index (χ2n) is 17.5. The number of methoxy groups -OCH3 is 1. The van der Waals surface area contributed by atoms with Gasteiger partial charge < -0.3 is 39.0 Å². The summed E-state index contributed by atoms with van der Waals surface area (Å²) >= 11 is 0. The average Bonchev–Trinajstić information content (AvgIpc) is 3.98. The van der Waals surface area contributed by atoms with Crippen molar-refractivity contribution < 1.29 is 27.8 Å². The largest absolute Gasteiger partial charge is 0.491 e. The summed E-state index contributed by atoms with van der Waals surface area (Å²) < 4.78 is 46.0. The molecule has 5 unspecified atom stereocenters. The molecule has 4 fully saturated rings. The van der Waals surface area contributed by atoms with Gasteiger partial charge in [-0.1, -0.05) is 6.07 Å². The number of rotatable bonds is 2. The molecule has 18 heteroatoms. The molecule has 326 valence electrons. The molecule has 5 atom stereocenters. The van der Waals surface area contributed by atoms with Crippen LogP contribution in [0.1, 0.15) is 44.3 Å². The van der Waals surface area contributed by atoms with Crippen LogP contribution >= 0.6 is 0 Å². The fourth-order valence-electron chi connectivity index (χ4n) is 10.3. The van der Waals surface area contributed by atoms with Gasteiger partial charge in [-0.2, -0.15) is 15.1 Å². The van der Waals surface area contributed by atoms with E-state index < -0.39 is 23.8 Å². The summed E-state index contributed by atoms with van der Waals surface area (Å²) in [7, 11) is 3.41. The molecule has 4 aromatic heterocycles. The molecule has 16 nitrogen and oxygen atoms in total. The van der Waals surface area contributed by atoms with Crippen molar-refractivity contribution >= 4 is 51.5 Å². The molecule has 13 rings (SSSR count). The van der Waals surface area contributed by atoms with E-state index in [0.29, 0.717) is 115 Å². The Bertz CT molecular complexity index is 2780. The summed E-state index contributed by atoms with van der Waals surface area (Å²) in [6.07, 6.45) is 5.30. The number of hydrogen-bond donors (Lipinski definition) is 1.